The van der Waals surface area contributed by atoms with E-state index in [9.17, 15) is 4.79 Å². The second kappa shape index (κ2) is 18.3. The van der Waals surface area contributed by atoms with Crippen molar-refractivity contribution >= 4 is 6.03 Å². The number of benzene rings is 2. The number of amides is 2. The van der Waals surface area contributed by atoms with Crippen molar-refractivity contribution in [3.63, 3.8) is 0 Å². The molecule has 3 heteroatoms. The molecule has 0 unspecified atom stereocenters. The third kappa shape index (κ3) is 13.9. The molecule has 0 aliphatic heterocycles. The third-order valence-corrected chi connectivity index (χ3v) is 6.04. The van der Waals surface area contributed by atoms with Gasteiger partial charge in [-0.05, 0) is 49.7 Å². The van der Waals surface area contributed by atoms with Gasteiger partial charge in [-0.25, -0.2) is 4.79 Å². The van der Waals surface area contributed by atoms with Crippen LogP contribution in [0.3, 0.4) is 0 Å². The van der Waals surface area contributed by atoms with E-state index in [0.29, 0.717) is 0 Å². The summed E-state index contributed by atoms with van der Waals surface area (Å²) in [6, 6.07) is 21.5. The Kier molecular flexibility index (Phi) is 14.8. The van der Waals surface area contributed by atoms with E-state index in [-0.39, 0.29) is 6.03 Å². The molecule has 0 atom stereocenters. The SMILES string of the molecule is O=C(NCCCCCCCCc1ccccc1)NCCCCCCCCc1ccccc1. The quantitative estimate of drug-likeness (QED) is 0.234. The molecule has 176 valence electrons. The van der Waals surface area contributed by atoms with Gasteiger partial charge in [0.25, 0.3) is 0 Å². The summed E-state index contributed by atoms with van der Waals surface area (Å²) in [5, 5.41) is 5.98. The Balaban J connectivity index is 1.27. The van der Waals surface area contributed by atoms with E-state index in [4.69, 9.17) is 0 Å². The Morgan fingerprint density at radius 2 is 0.812 bits per heavy atom. The monoisotopic (exact) mass is 436 g/mol. The summed E-state index contributed by atoms with van der Waals surface area (Å²) >= 11 is 0. The summed E-state index contributed by atoms with van der Waals surface area (Å²) in [4.78, 5) is 11.8. The van der Waals surface area contributed by atoms with Crippen LogP contribution < -0.4 is 10.6 Å². The molecule has 32 heavy (non-hydrogen) atoms. The Labute approximate surface area is 196 Å². The van der Waals surface area contributed by atoms with E-state index in [1.54, 1.807) is 0 Å². The van der Waals surface area contributed by atoms with Crippen molar-refractivity contribution in [2.45, 2.75) is 89.9 Å². The van der Waals surface area contributed by atoms with E-state index in [2.05, 4.69) is 71.3 Å². The van der Waals surface area contributed by atoms with E-state index in [1.807, 2.05) is 0 Å². The number of aryl methyl sites for hydroxylation is 2. The highest BCUT2D eigenvalue weighted by Crippen LogP contribution is 2.10. The van der Waals surface area contributed by atoms with Crippen molar-refractivity contribution in [1.82, 2.24) is 10.6 Å². The van der Waals surface area contributed by atoms with Crippen LogP contribution >= 0.6 is 0 Å². The molecule has 0 aromatic heterocycles. The first-order valence-electron chi connectivity index (χ1n) is 12.9. The fraction of sp³-hybridized carbons (Fsp3) is 0.552. The Morgan fingerprint density at radius 3 is 1.22 bits per heavy atom. The Morgan fingerprint density at radius 1 is 0.469 bits per heavy atom. The van der Waals surface area contributed by atoms with Gasteiger partial charge in [-0.2, -0.15) is 0 Å². The fourth-order valence-corrected chi connectivity index (χ4v) is 4.08. The normalized spacial score (nSPS) is 10.8. The summed E-state index contributed by atoms with van der Waals surface area (Å²) in [6.45, 7) is 1.58. The predicted octanol–water partition coefficient (Wildman–Crippen LogP) is 7.45. The number of unbranched alkanes of at least 4 members (excludes halogenated alkanes) is 10. The molecule has 2 rings (SSSR count). The molecule has 0 saturated carbocycles. The predicted molar refractivity (Wildman–Crippen MR) is 137 cm³/mol. The summed E-state index contributed by atoms with van der Waals surface area (Å²) in [7, 11) is 0. The topological polar surface area (TPSA) is 41.1 Å². The molecule has 2 N–H and O–H groups in total. The smallest absolute Gasteiger partial charge is 0.314 e. The largest absolute Gasteiger partial charge is 0.338 e. The lowest BCUT2D eigenvalue weighted by Crippen LogP contribution is -2.36. The maximum absolute atomic E-state index is 11.8. The molecule has 0 aliphatic carbocycles. The molecule has 0 spiro atoms. The second-order valence-corrected chi connectivity index (χ2v) is 8.90. The van der Waals surface area contributed by atoms with Gasteiger partial charge in [-0.3, -0.25) is 0 Å². The van der Waals surface area contributed by atoms with Crippen molar-refractivity contribution < 1.29 is 4.79 Å². The number of rotatable bonds is 18. The first kappa shape index (κ1) is 26.0. The Hall–Kier alpha value is -2.29. The van der Waals surface area contributed by atoms with Crippen LogP contribution in [-0.2, 0) is 12.8 Å². The average Bonchev–Trinajstić information content (AvgIpc) is 2.83. The molecule has 3 nitrogen and oxygen atoms in total. The molecule has 0 saturated heterocycles. The van der Waals surface area contributed by atoms with E-state index in [0.717, 1.165) is 25.9 Å². The zero-order chi connectivity index (χ0) is 22.5. The highest BCUT2D eigenvalue weighted by Gasteiger charge is 1.99. The molecule has 0 bridgehead atoms. The highest BCUT2D eigenvalue weighted by atomic mass is 16.2. The third-order valence-electron chi connectivity index (χ3n) is 6.04. The standard InChI is InChI=1S/C29H44N2O/c32-29(30-25-17-7-3-1-5-11-19-27-21-13-9-14-22-27)31-26-18-8-4-2-6-12-20-28-23-15-10-16-24-28/h9-10,13-16,21-24H,1-8,11-12,17-20,25-26H2,(H2,30,31,32). The van der Waals surface area contributed by atoms with Crippen molar-refractivity contribution in [2.75, 3.05) is 13.1 Å². The maximum Gasteiger partial charge on any atom is 0.314 e. The van der Waals surface area contributed by atoms with Crippen LogP contribution in [0.15, 0.2) is 60.7 Å². The van der Waals surface area contributed by atoms with Crippen LogP contribution in [0.1, 0.15) is 88.2 Å². The number of hydrogen-bond donors (Lipinski definition) is 2. The first-order valence-corrected chi connectivity index (χ1v) is 12.9. The summed E-state index contributed by atoms with van der Waals surface area (Å²) < 4.78 is 0. The molecule has 2 amide bonds. The van der Waals surface area contributed by atoms with Crippen LogP contribution in [0.25, 0.3) is 0 Å². The van der Waals surface area contributed by atoms with Gasteiger partial charge in [0.1, 0.15) is 0 Å². The lowest BCUT2D eigenvalue weighted by molar-refractivity contribution is 0.240. The van der Waals surface area contributed by atoms with Gasteiger partial charge in [0.05, 0.1) is 0 Å². The van der Waals surface area contributed by atoms with Gasteiger partial charge in [-0.15, -0.1) is 0 Å². The van der Waals surface area contributed by atoms with Gasteiger partial charge in [0.15, 0.2) is 0 Å². The van der Waals surface area contributed by atoms with Crippen molar-refractivity contribution in [2.24, 2.45) is 0 Å². The minimum absolute atomic E-state index is 0.00396. The van der Waals surface area contributed by atoms with Gasteiger partial charge < -0.3 is 10.6 Å². The lowest BCUT2D eigenvalue weighted by atomic mass is 10.0. The zero-order valence-corrected chi connectivity index (χ0v) is 20.0. The Bertz CT molecular complexity index is 627. The van der Waals surface area contributed by atoms with Crippen molar-refractivity contribution in [3.05, 3.63) is 71.8 Å². The first-order chi connectivity index (χ1) is 15.8. The van der Waals surface area contributed by atoms with Crippen LogP contribution in [-0.4, -0.2) is 19.1 Å². The van der Waals surface area contributed by atoms with E-state index < -0.39 is 0 Å². The molecule has 0 radical (unpaired) electrons. The second-order valence-electron chi connectivity index (χ2n) is 8.90. The maximum atomic E-state index is 11.8. The van der Waals surface area contributed by atoms with Crippen LogP contribution in [0, 0.1) is 0 Å². The minimum Gasteiger partial charge on any atom is -0.338 e. The van der Waals surface area contributed by atoms with Crippen LogP contribution in [0.2, 0.25) is 0 Å². The number of carbonyl (C=O) groups is 1. The molecular formula is C29H44N2O. The van der Waals surface area contributed by atoms with Crippen molar-refractivity contribution in [3.8, 4) is 0 Å². The number of urea groups is 1. The fourth-order valence-electron chi connectivity index (χ4n) is 4.08. The van der Waals surface area contributed by atoms with E-state index in [1.165, 1.54) is 88.2 Å². The van der Waals surface area contributed by atoms with E-state index >= 15 is 0 Å². The average molecular weight is 437 g/mol. The molecule has 2 aromatic rings. The number of nitrogens with one attached hydrogen (secondary N) is 2. The van der Waals surface area contributed by atoms with Gasteiger partial charge in [-0.1, -0.05) is 112 Å². The van der Waals surface area contributed by atoms with Crippen LogP contribution in [0.4, 0.5) is 4.79 Å². The van der Waals surface area contributed by atoms with Gasteiger partial charge >= 0.3 is 6.03 Å². The lowest BCUT2D eigenvalue weighted by Gasteiger charge is -2.08. The molecule has 0 aliphatic rings. The van der Waals surface area contributed by atoms with Gasteiger partial charge in [0, 0.05) is 13.1 Å². The molecular weight excluding hydrogens is 392 g/mol. The highest BCUT2D eigenvalue weighted by molar-refractivity contribution is 5.73. The van der Waals surface area contributed by atoms with Crippen molar-refractivity contribution in [1.29, 1.82) is 0 Å². The zero-order valence-electron chi connectivity index (χ0n) is 20.0. The molecule has 2 aromatic carbocycles. The number of carbonyl (C=O) groups excluding carboxylic acids is 1. The summed E-state index contributed by atoms with van der Waals surface area (Å²) in [6.07, 6.45) is 17.2. The summed E-state index contributed by atoms with van der Waals surface area (Å²) in [5.74, 6) is 0. The number of hydrogen-bond acceptors (Lipinski definition) is 1. The molecule has 0 heterocycles. The van der Waals surface area contributed by atoms with Crippen LogP contribution in [0.5, 0.6) is 0 Å². The van der Waals surface area contributed by atoms with Gasteiger partial charge in [0.2, 0.25) is 0 Å². The summed E-state index contributed by atoms with van der Waals surface area (Å²) in [5.41, 5.74) is 2.89. The molecule has 0 fully saturated rings. The minimum atomic E-state index is -0.00396.